The molecule has 2 rings (SSSR count). The fourth-order valence-electron chi connectivity index (χ4n) is 2.77. The van der Waals surface area contributed by atoms with Crippen LogP contribution in [0.1, 0.15) is 30.1 Å². The first-order valence-corrected chi connectivity index (χ1v) is 7.36. The zero-order valence-electron chi connectivity index (χ0n) is 13.3. The molecule has 1 unspecified atom stereocenters. The second kappa shape index (κ2) is 6.64. The zero-order chi connectivity index (χ0) is 17.0. The van der Waals surface area contributed by atoms with Gasteiger partial charge in [-0.05, 0) is 50.1 Å². The first-order chi connectivity index (χ1) is 10.9. The first kappa shape index (κ1) is 16.7. The molecule has 1 aliphatic heterocycles. The van der Waals surface area contributed by atoms with Crippen LogP contribution in [0.5, 0.6) is 0 Å². The van der Waals surface area contributed by atoms with E-state index in [1.807, 2.05) is 0 Å². The van der Waals surface area contributed by atoms with Crippen LogP contribution in [-0.4, -0.2) is 41.9 Å². The molecule has 2 amide bonds. The summed E-state index contributed by atoms with van der Waals surface area (Å²) in [6.07, 6.45) is 2.51. The van der Waals surface area contributed by atoms with E-state index in [0.717, 1.165) is 6.42 Å². The summed E-state index contributed by atoms with van der Waals surface area (Å²) in [6, 6.07) is 6.52. The van der Waals surface area contributed by atoms with Gasteiger partial charge in [0.15, 0.2) is 0 Å². The Bertz CT molecular complexity index is 638. The number of rotatable bonds is 4. The van der Waals surface area contributed by atoms with Crippen molar-refractivity contribution in [2.75, 3.05) is 19.0 Å². The Hall–Kier alpha value is -2.63. The molecule has 1 aliphatic rings. The number of nitrogens with one attached hydrogen (secondary N) is 1. The van der Waals surface area contributed by atoms with Gasteiger partial charge in [-0.1, -0.05) is 6.58 Å². The van der Waals surface area contributed by atoms with Crippen LogP contribution in [0, 0.1) is 0 Å². The highest BCUT2D eigenvalue weighted by atomic mass is 16.5. The first-order valence-electron chi connectivity index (χ1n) is 7.36. The van der Waals surface area contributed by atoms with Gasteiger partial charge in [0.25, 0.3) is 5.91 Å². The number of ether oxygens (including phenoxy) is 1. The van der Waals surface area contributed by atoms with Crippen molar-refractivity contribution in [3.63, 3.8) is 0 Å². The number of hydrogen-bond acceptors (Lipinski definition) is 4. The minimum Gasteiger partial charge on any atom is -0.467 e. The van der Waals surface area contributed by atoms with Crippen LogP contribution in [0.15, 0.2) is 36.9 Å². The maximum atomic E-state index is 12.7. The van der Waals surface area contributed by atoms with Crippen molar-refractivity contribution >= 4 is 23.5 Å². The standard InChI is InChI=1S/C17H20N2O4/c1-4-14(20)18-13-8-6-12(7-9-13)15(21)19-11-5-10-17(19,2)16(22)23-3/h4,6-9H,1,5,10-11H2,2-3H3,(H,18,20). The number of nitrogens with zero attached hydrogens (tertiary/aromatic N) is 1. The fraction of sp³-hybridized carbons (Fsp3) is 0.353. The molecule has 6 heteroatoms. The molecule has 0 radical (unpaired) electrons. The second-order valence-corrected chi connectivity index (χ2v) is 5.60. The Balaban J connectivity index is 2.18. The molecule has 23 heavy (non-hydrogen) atoms. The molecule has 122 valence electrons. The van der Waals surface area contributed by atoms with Crippen molar-refractivity contribution in [3.05, 3.63) is 42.5 Å². The summed E-state index contributed by atoms with van der Waals surface area (Å²) in [5.74, 6) is -0.947. The Labute approximate surface area is 135 Å². The predicted octanol–water partition coefficient (Wildman–Crippen LogP) is 1.98. The van der Waals surface area contributed by atoms with Crippen molar-refractivity contribution < 1.29 is 19.1 Å². The number of anilines is 1. The minimum atomic E-state index is -0.929. The zero-order valence-corrected chi connectivity index (χ0v) is 13.3. The van der Waals surface area contributed by atoms with E-state index in [9.17, 15) is 14.4 Å². The number of likely N-dealkylation sites (tertiary alicyclic amines) is 1. The van der Waals surface area contributed by atoms with Crippen LogP contribution >= 0.6 is 0 Å². The molecule has 1 fully saturated rings. The highest BCUT2D eigenvalue weighted by Gasteiger charge is 2.46. The third-order valence-corrected chi connectivity index (χ3v) is 4.10. The van der Waals surface area contributed by atoms with Crippen LogP contribution in [0.4, 0.5) is 5.69 Å². The van der Waals surface area contributed by atoms with Crippen molar-refractivity contribution in [1.29, 1.82) is 0 Å². The molecule has 0 aromatic heterocycles. The number of benzene rings is 1. The Kier molecular flexibility index (Phi) is 4.83. The van der Waals surface area contributed by atoms with Gasteiger partial charge >= 0.3 is 5.97 Å². The van der Waals surface area contributed by atoms with Gasteiger partial charge in [-0.3, -0.25) is 9.59 Å². The van der Waals surface area contributed by atoms with Gasteiger partial charge in [-0.25, -0.2) is 4.79 Å². The minimum absolute atomic E-state index is 0.225. The van der Waals surface area contributed by atoms with Gasteiger partial charge < -0.3 is 15.0 Å². The molecule has 1 atom stereocenters. The number of carbonyl (C=O) groups is 3. The quantitative estimate of drug-likeness (QED) is 0.681. The maximum Gasteiger partial charge on any atom is 0.331 e. The van der Waals surface area contributed by atoms with Gasteiger partial charge in [0.2, 0.25) is 5.91 Å². The highest BCUT2D eigenvalue weighted by molar-refractivity contribution is 6.01. The molecular formula is C17H20N2O4. The lowest BCUT2D eigenvalue weighted by atomic mass is 9.98. The van der Waals surface area contributed by atoms with E-state index < -0.39 is 11.5 Å². The lowest BCUT2D eigenvalue weighted by Gasteiger charge is -2.32. The molecule has 0 saturated carbocycles. The van der Waals surface area contributed by atoms with E-state index in [4.69, 9.17) is 4.74 Å². The van der Waals surface area contributed by atoms with Crippen molar-refractivity contribution in [1.82, 2.24) is 4.90 Å². The monoisotopic (exact) mass is 316 g/mol. The molecule has 6 nitrogen and oxygen atoms in total. The molecule has 1 aromatic carbocycles. The van der Waals surface area contributed by atoms with E-state index in [0.29, 0.717) is 24.2 Å². The summed E-state index contributed by atoms with van der Waals surface area (Å²) >= 11 is 0. The van der Waals surface area contributed by atoms with Crippen molar-refractivity contribution in [3.8, 4) is 0 Å². The van der Waals surface area contributed by atoms with Crippen molar-refractivity contribution in [2.24, 2.45) is 0 Å². The molecule has 0 bridgehead atoms. The maximum absolute atomic E-state index is 12.7. The largest absolute Gasteiger partial charge is 0.467 e. The lowest BCUT2D eigenvalue weighted by molar-refractivity contribution is -0.151. The van der Waals surface area contributed by atoms with Crippen LogP contribution in [0.2, 0.25) is 0 Å². The SMILES string of the molecule is C=CC(=O)Nc1ccc(C(=O)N2CCCC2(C)C(=O)OC)cc1. The molecule has 1 heterocycles. The topological polar surface area (TPSA) is 75.7 Å². The van der Waals surface area contributed by atoms with Gasteiger partial charge in [-0.2, -0.15) is 0 Å². The van der Waals surface area contributed by atoms with Crippen LogP contribution < -0.4 is 5.32 Å². The highest BCUT2D eigenvalue weighted by Crippen LogP contribution is 2.31. The van der Waals surface area contributed by atoms with E-state index in [-0.39, 0.29) is 11.8 Å². The third kappa shape index (κ3) is 3.26. The van der Waals surface area contributed by atoms with Gasteiger partial charge in [0.05, 0.1) is 7.11 Å². The summed E-state index contributed by atoms with van der Waals surface area (Å²) in [4.78, 5) is 37.5. The van der Waals surface area contributed by atoms with Gasteiger partial charge in [-0.15, -0.1) is 0 Å². The molecule has 1 saturated heterocycles. The molecule has 1 aromatic rings. The normalized spacial score (nSPS) is 20.0. The number of carbonyl (C=O) groups excluding carboxylic acids is 3. The summed E-state index contributed by atoms with van der Waals surface area (Å²) in [6.45, 7) is 5.62. The Morgan fingerprint density at radius 1 is 1.30 bits per heavy atom. The third-order valence-electron chi connectivity index (χ3n) is 4.10. The van der Waals surface area contributed by atoms with Gasteiger partial charge in [0.1, 0.15) is 5.54 Å². The van der Waals surface area contributed by atoms with Gasteiger partial charge in [0, 0.05) is 17.8 Å². The van der Waals surface area contributed by atoms with E-state index >= 15 is 0 Å². The molecule has 0 spiro atoms. The van der Waals surface area contributed by atoms with E-state index in [2.05, 4.69) is 11.9 Å². The lowest BCUT2D eigenvalue weighted by Crippen LogP contribution is -2.51. The summed E-state index contributed by atoms with van der Waals surface area (Å²) in [5, 5.41) is 2.61. The second-order valence-electron chi connectivity index (χ2n) is 5.60. The van der Waals surface area contributed by atoms with Crippen LogP contribution in [0.25, 0.3) is 0 Å². The average Bonchev–Trinajstić information content (AvgIpc) is 2.97. The number of amides is 2. The Morgan fingerprint density at radius 2 is 1.96 bits per heavy atom. The summed E-state index contributed by atoms with van der Waals surface area (Å²) in [5.41, 5.74) is 0.101. The van der Waals surface area contributed by atoms with Crippen LogP contribution in [-0.2, 0) is 14.3 Å². The summed E-state index contributed by atoms with van der Waals surface area (Å²) in [7, 11) is 1.33. The van der Waals surface area contributed by atoms with Crippen molar-refractivity contribution in [2.45, 2.75) is 25.3 Å². The molecule has 0 aliphatic carbocycles. The number of esters is 1. The number of hydrogen-bond donors (Lipinski definition) is 1. The predicted molar refractivity (Wildman–Crippen MR) is 86.0 cm³/mol. The van der Waals surface area contributed by atoms with Crippen LogP contribution in [0.3, 0.4) is 0 Å². The summed E-state index contributed by atoms with van der Waals surface area (Å²) < 4.78 is 4.84. The fourth-order valence-corrected chi connectivity index (χ4v) is 2.77. The number of methoxy groups -OCH3 is 1. The Morgan fingerprint density at radius 3 is 2.52 bits per heavy atom. The smallest absolute Gasteiger partial charge is 0.331 e. The van der Waals surface area contributed by atoms with E-state index in [1.165, 1.54) is 13.2 Å². The average molecular weight is 316 g/mol. The van der Waals surface area contributed by atoms with E-state index in [1.54, 1.807) is 36.1 Å². The molecular weight excluding hydrogens is 296 g/mol. The molecule has 1 N–H and O–H groups in total.